The minimum Gasteiger partial charge on any atom is -0.329 e. The van der Waals surface area contributed by atoms with Crippen LogP contribution >= 0.6 is 0 Å². The molecule has 0 heterocycles. The van der Waals surface area contributed by atoms with Gasteiger partial charge in [-0.1, -0.05) is 37.3 Å². The van der Waals surface area contributed by atoms with Gasteiger partial charge in [0.15, 0.2) is 0 Å². The Labute approximate surface area is 92.9 Å². The Morgan fingerprint density at radius 3 is 2.47 bits per heavy atom. The van der Waals surface area contributed by atoms with Gasteiger partial charge in [-0.05, 0) is 24.8 Å². The molecule has 0 aliphatic carbocycles. The first-order chi connectivity index (χ1) is 7.27. The van der Waals surface area contributed by atoms with Crippen molar-refractivity contribution in [2.45, 2.75) is 32.2 Å². The average Bonchev–Trinajstić information content (AvgIpc) is 2.31. The van der Waals surface area contributed by atoms with Crippen molar-refractivity contribution in [2.24, 2.45) is 5.73 Å². The second kappa shape index (κ2) is 6.59. The summed E-state index contributed by atoms with van der Waals surface area (Å²) in [5.41, 5.74) is 6.99. The lowest BCUT2D eigenvalue weighted by Crippen LogP contribution is -2.35. The molecule has 1 aromatic rings. The fourth-order valence-corrected chi connectivity index (χ4v) is 1.65. The SMILES string of the molecule is CCC(CNC(C)CN)c1ccccc1. The average molecular weight is 206 g/mol. The van der Waals surface area contributed by atoms with Gasteiger partial charge in [-0.3, -0.25) is 0 Å². The molecule has 2 nitrogen and oxygen atoms in total. The van der Waals surface area contributed by atoms with Crippen molar-refractivity contribution in [3.63, 3.8) is 0 Å². The Morgan fingerprint density at radius 2 is 1.93 bits per heavy atom. The number of hydrogen-bond acceptors (Lipinski definition) is 2. The van der Waals surface area contributed by atoms with Gasteiger partial charge >= 0.3 is 0 Å². The lowest BCUT2D eigenvalue weighted by molar-refractivity contribution is 0.503. The zero-order chi connectivity index (χ0) is 11.1. The van der Waals surface area contributed by atoms with Gasteiger partial charge < -0.3 is 11.1 Å². The molecule has 1 aromatic carbocycles. The molecule has 1 rings (SSSR count). The second-order valence-corrected chi connectivity index (χ2v) is 4.06. The van der Waals surface area contributed by atoms with Gasteiger partial charge in [-0.25, -0.2) is 0 Å². The molecule has 3 N–H and O–H groups in total. The van der Waals surface area contributed by atoms with Gasteiger partial charge in [0, 0.05) is 19.1 Å². The molecule has 2 unspecified atom stereocenters. The first kappa shape index (κ1) is 12.2. The molecule has 0 amide bonds. The zero-order valence-corrected chi connectivity index (χ0v) is 9.74. The first-order valence-electron chi connectivity index (χ1n) is 5.76. The molecule has 0 radical (unpaired) electrons. The van der Waals surface area contributed by atoms with Crippen molar-refractivity contribution in [1.82, 2.24) is 5.32 Å². The van der Waals surface area contributed by atoms with Crippen LogP contribution in [0, 0.1) is 0 Å². The van der Waals surface area contributed by atoms with E-state index in [0.29, 0.717) is 18.5 Å². The summed E-state index contributed by atoms with van der Waals surface area (Å²) < 4.78 is 0. The van der Waals surface area contributed by atoms with Crippen molar-refractivity contribution in [1.29, 1.82) is 0 Å². The zero-order valence-electron chi connectivity index (χ0n) is 9.74. The van der Waals surface area contributed by atoms with E-state index in [1.54, 1.807) is 0 Å². The monoisotopic (exact) mass is 206 g/mol. The molecule has 15 heavy (non-hydrogen) atoms. The molecule has 0 saturated carbocycles. The van der Waals surface area contributed by atoms with Crippen molar-refractivity contribution >= 4 is 0 Å². The fourth-order valence-electron chi connectivity index (χ4n) is 1.65. The maximum Gasteiger partial charge on any atom is 0.0162 e. The highest BCUT2D eigenvalue weighted by molar-refractivity contribution is 5.19. The van der Waals surface area contributed by atoms with Crippen LogP contribution in [-0.4, -0.2) is 19.1 Å². The predicted molar refractivity (Wildman–Crippen MR) is 66.0 cm³/mol. The summed E-state index contributed by atoms with van der Waals surface area (Å²) in [6.45, 7) is 6.06. The Bertz CT molecular complexity index is 258. The van der Waals surface area contributed by atoms with Crippen molar-refractivity contribution in [3.05, 3.63) is 35.9 Å². The second-order valence-electron chi connectivity index (χ2n) is 4.06. The molecule has 0 aromatic heterocycles. The smallest absolute Gasteiger partial charge is 0.0162 e. The topological polar surface area (TPSA) is 38.0 Å². The summed E-state index contributed by atoms with van der Waals surface area (Å²) in [4.78, 5) is 0. The van der Waals surface area contributed by atoms with E-state index in [-0.39, 0.29) is 0 Å². The molecular formula is C13H22N2. The maximum absolute atomic E-state index is 5.58. The Hall–Kier alpha value is -0.860. The van der Waals surface area contributed by atoms with E-state index in [2.05, 4.69) is 49.5 Å². The van der Waals surface area contributed by atoms with Crippen LogP contribution in [0.1, 0.15) is 31.7 Å². The minimum absolute atomic E-state index is 0.405. The molecule has 2 heteroatoms. The molecular weight excluding hydrogens is 184 g/mol. The largest absolute Gasteiger partial charge is 0.329 e. The van der Waals surface area contributed by atoms with Crippen LogP contribution in [0.5, 0.6) is 0 Å². The molecule has 0 aliphatic rings. The van der Waals surface area contributed by atoms with Crippen LogP contribution < -0.4 is 11.1 Å². The van der Waals surface area contributed by atoms with E-state index in [9.17, 15) is 0 Å². The number of benzene rings is 1. The third kappa shape index (κ3) is 4.02. The molecule has 0 saturated heterocycles. The van der Waals surface area contributed by atoms with Gasteiger partial charge in [-0.2, -0.15) is 0 Å². The Morgan fingerprint density at radius 1 is 1.27 bits per heavy atom. The third-order valence-electron chi connectivity index (χ3n) is 2.83. The van der Waals surface area contributed by atoms with E-state index in [1.807, 2.05) is 0 Å². The highest BCUT2D eigenvalue weighted by Crippen LogP contribution is 2.17. The first-order valence-corrected chi connectivity index (χ1v) is 5.76. The van der Waals surface area contributed by atoms with E-state index in [4.69, 9.17) is 5.73 Å². The molecule has 2 atom stereocenters. The third-order valence-corrected chi connectivity index (χ3v) is 2.83. The van der Waals surface area contributed by atoms with Crippen LogP contribution in [0.3, 0.4) is 0 Å². The lowest BCUT2D eigenvalue weighted by Gasteiger charge is -2.19. The number of rotatable bonds is 6. The quantitative estimate of drug-likeness (QED) is 0.748. The Balaban J connectivity index is 2.50. The highest BCUT2D eigenvalue weighted by atomic mass is 14.9. The number of nitrogens with two attached hydrogens (primary N) is 1. The van der Waals surface area contributed by atoms with Crippen LogP contribution in [0.2, 0.25) is 0 Å². The van der Waals surface area contributed by atoms with E-state index in [1.165, 1.54) is 5.56 Å². The van der Waals surface area contributed by atoms with Gasteiger partial charge in [0.2, 0.25) is 0 Å². The van der Waals surface area contributed by atoms with Crippen LogP contribution in [0.25, 0.3) is 0 Å². The lowest BCUT2D eigenvalue weighted by atomic mass is 9.96. The van der Waals surface area contributed by atoms with Crippen molar-refractivity contribution in [3.8, 4) is 0 Å². The van der Waals surface area contributed by atoms with Crippen LogP contribution in [0.15, 0.2) is 30.3 Å². The standard InChI is InChI=1S/C13H22N2/c1-3-12(10-15-11(2)9-14)13-7-5-4-6-8-13/h4-8,11-12,15H,3,9-10,14H2,1-2H3. The fraction of sp³-hybridized carbons (Fsp3) is 0.538. The van der Waals surface area contributed by atoms with Crippen molar-refractivity contribution in [2.75, 3.05) is 13.1 Å². The summed E-state index contributed by atoms with van der Waals surface area (Å²) >= 11 is 0. The number of hydrogen-bond donors (Lipinski definition) is 2. The molecule has 0 spiro atoms. The van der Waals surface area contributed by atoms with Gasteiger partial charge in [0.25, 0.3) is 0 Å². The molecule has 0 fully saturated rings. The summed E-state index contributed by atoms with van der Waals surface area (Å²) in [7, 11) is 0. The summed E-state index contributed by atoms with van der Waals surface area (Å²) in [5, 5.41) is 3.46. The summed E-state index contributed by atoms with van der Waals surface area (Å²) in [5.74, 6) is 0.597. The normalized spacial score (nSPS) is 14.9. The van der Waals surface area contributed by atoms with Crippen LogP contribution in [0.4, 0.5) is 0 Å². The van der Waals surface area contributed by atoms with E-state index >= 15 is 0 Å². The predicted octanol–water partition coefficient (Wildman–Crippen LogP) is 2.12. The highest BCUT2D eigenvalue weighted by Gasteiger charge is 2.09. The Kier molecular flexibility index (Phi) is 5.37. The van der Waals surface area contributed by atoms with Gasteiger partial charge in [-0.15, -0.1) is 0 Å². The number of nitrogens with one attached hydrogen (secondary N) is 1. The van der Waals surface area contributed by atoms with Crippen LogP contribution in [-0.2, 0) is 0 Å². The minimum atomic E-state index is 0.405. The maximum atomic E-state index is 5.58. The van der Waals surface area contributed by atoms with E-state index < -0.39 is 0 Å². The summed E-state index contributed by atoms with van der Waals surface area (Å²) in [6, 6.07) is 11.1. The van der Waals surface area contributed by atoms with E-state index in [0.717, 1.165) is 13.0 Å². The van der Waals surface area contributed by atoms with Gasteiger partial charge in [0.1, 0.15) is 0 Å². The molecule has 84 valence electrons. The van der Waals surface area contributed by atoms with Gasteiger partial charge in [0.05, 0.1) is 0 Å². The van der Waals surface area contributed by atoms with Crippen molar-refractivity contribution < 1.29 is 0 Å². The molecule has 0 aliphatic heterocycles. The summed E-state index contributed by atoms with van der Waals surface area (Å²) in [6.07, 6.45) is 1.16. The molecule has 0 bridgehead atoms.